The van der Waals surface area contributed by atoms with Gasteiger partial charge in [0.15, 0.2) is 0 Å². The maximum absolute atomic E-state index is 6.02. The molecule has 1 aliphatic heterocycles. The van der Waals surface area contributed by atoms with E-state index in [0.717, 1.165) is 43.9 Å². The van der Waals surface area contributed by atoms with Crippen LogP contribution in [-0.4, -0.2) is 36.1 Å². The van der Waals surface area contributed by atoms with Crippen molar-refractivity contribution < 1.29 is 0 Å². The molecule has 1 aromatic heterocycles. The first kappa shape index (κ1) is 14.5. The first-order valence-electron chi connectivity index (χ1n) is 8.39. The zero-order valence-corrected chi connectivity index (χ0v) is 13.5. The quantitative estimate of drug-likeness (QED) is 0.907. The van der Waals surface area contributed by atoms with Crippen LogP contribution < -0.4 is 16.0 Å². The molecule has 0 amide bonds. The van der Waals surface area contributed by atoms with Crippen molar-refractivity contribution in [3.05, 3.63) is 47.2 Å². The molecule has 120 valence electrons. The zero-order valence-electron chi connectivity index (χ0n) is 13.5. The maximum atomic E-state index is 6.02. The molecule has 0 spiro atoms. The normalized spacial score (nSPS) is 23.3. The monoisotopic (exact) mass is 309 g/mol. The van der Waals surface area contributed by atoms with Gasteiger partial charge in [-0.05, 0) is 37.4 Å². The molecule has 23 heavy (non-hydrogen) atoms. The van der Waals surface area contributed by atoms with Crippen molar-refractivity contribution in [3.8, 4) is 0 Å². The van der Waals surface area contributed by atoms with Crippen molar-refractivity contribution in [2.75, 3.05) is 30.8 Å². The molecule has 1 aliphatic carbocycles. The van der Waals surface area contributed by atoms with Crippen molar-refractivity contribution in [1.29, 1.82) is 0 Å². The molecule has 2 heterocycles. The van der Waals surface area contributed by atoms with Gasteiger partial charge in [-0.15, -0.1) is 0 Å². The van der Waals surface area contributed by atoms with Gasteiger partial charge in [0.2, 0.25) is 5.95 Å². The van der Waals surface area contributed by atoms with E-state index in [1.54, 1.807) is 0 Å². The van der Waals surface area contributed by atoms with Gasteiger partial charge in [-0.3, -0.25) is 0 Å². The number of aryl methyl sites for hydroxylation is 1. The van der Waals surface area contributed by atoms with E-state index in [9.17, 15) is 0 Å². The lowest BCUT2D eigenvalue weighted by atomic mass is 9.97. The summed E-state index contributed by atoms with van der Waals surface area (Å²) in [6, 6.07) is 11.3. The van der Waals surface area contributed by atoms with Gasteiger partial charge in [0.05, 0.1) is 5.69 Å². The second-order valence-electron chi connectivity index (χ2n) is 6.52. The van der Waals surface area contributed by atoms with E-state index >= 15 is 0 Å². The molecule has 5 nitrogen and oxygen atoms in total. The van der Waals surface area contributed by atoms with Crippen molar-refractivity contribution in [2.24, 2.45) is 0 Å². The number of hydrogen-bond donors (Lipinski definition) is 2. The Morgan fingerprint density at radius 2 is 2.09 bits per heavy atom. The van der Waals surface area contributed by atoms with Gasteiger partial charge in [0.25, 0.3) is 0 Å². The summed E-state index contributed by atoms with van der Waals surface area (Å²) in [4.78, 5) is 11.3. The summed E-state index contributed by atoms with van der Waals surface area (Å²) in [5.74, 6) is 1.70. The molecule has 0 radical (unpaired) electrons. The number of nitrogens with one attached hydrogen (secondary N) is 1. The van der Waals surface area contributed by atoms with Crippen LogP contribution in [0.25, 0.3) is 0 Å². The molecule has 1 unspecified atom stereocenters. The summed E-state index contributed by atoms with van der Waals surface area (Å²) in [6.45, 7) is 2.00. The Labute approximate surface area is 136 Å². The van der Waals surface area contributed by atoms with E-state index in [1.165, 1.54) is 11.1 Å². The minimum atomic E-state index is 0.345. The van der Waals surface area contributed by atoms with E-state index in [-0.39, 0.29) is 0 Å². The second kappa shape index (κ2) is 5.81. The topological polar surface area (TPSA) is 67.1 Å². The van der Waals surface area contributed by atoms with Gasteiger partial charge >= 0.3 is 0 Å². The highest BCUT2D eigenvalue weighted by molar-refractivity contribution is 5.49. The van der Waals surface area contributed by atoms with Gasteiger partial charge in [-0.25, -0.2) is 4.98 Å². The minimum absolute atomic E-state index is 0.345. The number of hydrogen-bond acceptors (Lipinski definition) is 5. The van der Waals surface area contributed by atoms with Crippen LogP contribution in [0.3, 0.4) is 0 Å². The molecule has 1 fully saturated rings. The SMILES string of the molecule is CN[C@@H]1CCN(c2cc(C3CCc4ccccc43)nc(N)n2)C1. The van der Waals surface area contributed by atoms with Crippen LogP contribution in [0.2, 0.25) is 0 Å². The Morgan fingerprint density at radius 3 is 2.91 bits per heavy atom. The van der Waals surface area contributed by atoms with Crippen molar-refractivity contribution in [1.82, 2.24) is 15.3 Å². The minimum Gasteiger partial charge on any atom is -0.368 e. The third kappa shape index (κ3) is 2.65. The summed E-state index contributed by atoms with van der Waals surface area (Å²) in [5, 5.41) is 3.34. The maximum Gasteiger partial charge on any atom is 0.222 e. The third-order valence-electron chi connectivity index (χ3n) is 5.16. The highest BCUT2D eigenvalue weighted by Gasteiger charge is 2.27. The van der Waals surface area contributed by atoms with Gasteiger partial charge in [0.1, 0.15) is 5.82 Å². The van der Waals surface area contributed by atoms with Crippen LogP contribution in [0.5, 0.6) is 0 Å². The lowest BCUT2D eigenvalue weighted by molar-refractivity contribution is 0.616. The summed E-state index contributed by atoms with van der Waals surface area (Å²) in [5.41, 5.74) is 9.91. The van der Waals surface area contributed by atoms with E-state index in [2.05, 4.69) is 50.5 Å². The number of aromatic nitrogens is 2. The molecule has 1 aromatic carbocycles. The Kier molecular flexibility index (Phi) is 3.65. The number of nitrogens with two attached hydrogens (primary N) is 1. The van der Waals surface area contributed by atoms with Crippen LogP contribution in [0, 0.1) is 0 Å². The average Bonchev–Trinajstić information content (AvgIpc) is 3.21. The summed E-state index contributed by atoms with van der Waals surface area (Å²) in [6.07, 6.45) is 3.36. The number of nitrogen functional groups attached to an aromatic ring is 1. The lowest BCUT2D eigenvalue weighted by Gasteiger charge is -2.20. The third-order valence-corrected chi connectivity index (χ3v) is 5.16. The lowest BCUT2D eigenvalue weighted by Crippen LogP contribution is -2.30. The summed E-state index contributed by atoms with van der Waals surface area (Å²) in [7, 11) is 2.02. The number of likely N-dealkylation sites (N-methyl/N-ethyl adjacent to an activating group) is 1. The number of rotatable bonds is 3. The first-order valence-corrected chi connectivity index (χ1v) is 8.39. The number of nitrogens with zero attached hydrogens (tertiary/aromatic N) is 3. The molecule has 1 saturated heterocycles. The fraction of sp³-hybridized carbons (Fsp3) is 0.444. The highest BCUT2D eigenvalue weighted by atomic mass is 15.2. The van der Waals surface area contributed by atoms with Gasteiger partial charge in [0, 0.05) is 31.1 Å². The van der Waals surface area contributed by atoms with Gasteiger partial charge in [-0.2, -0.15) is 4.98 Å². The van der Waals surface area contributed by atoms with Crippen LogP contribution in [0.1, 0.15) is 35.6 Å². The van der Waals surface area contributed by atoms with Gasteiger partial charge in [-0.1, -0.05) is 24.3 Å². The smallest absolute Gasteiger partial charge is 0.222 e. The van der Waals surface area contributed by atoms with Crippen LogP contribution in [0.15, 0.2) is 30.3 Å². The molecule has 4 rings (SSSR count). The Morgan fingerprint density at radius 1 is 1.22 bits per heavy atom. The molecular formula is C18H23N5. The summed E-state index contributed by atoms with van der Waals surface area (Å²) < 4.78 is 0. The molecule has 2 aromatic rings. The molecule has 2 atom stereocenters. The van der Waals surface area contributed by atoms with E-state index in [1.807, 2.05) is 7.05 Å². The van der Waals surface area contributed by atoms with E-state index in [0.29, 0.717) is 17.9 Å². The fourth-order valence-electron chi connectivity index (χ4n) is 3.88. The number of anilines is 2. The predicted octanol–water partition coefficient (Wildman–Crippen LogP) is 1.93. The predicted molar refractivity (Wildman–Crippen MR) is 92.7 cm³/mol. The fourth-order valence-corrected chi connectivity index (χ4v) is 3.88. The largest absolute Gasteiger partial charge is 0.368 e. The Bertz CT molecular complexity index is 714. The average molecular weight is 309 g/mol. The zero-order chi connectivity index (χ0) is 15.8. The number of fused-ring (bicyclic) bond motifs is 1. The van der Waals surface area contributed by atoms with Crippen molar-refractivity contribution in [2.45, 2.75) is 31.2 Å². The van der Waals surface area contributed by atoms with Gasteiger partial charge < -0.3 is 16.0 Å². The Hall–Kier alpha value is -2.14. The molecule has 2 aliphatic rings. The standard InChI is InChI=1S/C18H23N5/c1-20-13-8-9-23(11-13)17-10-16(21-18(19)22-17)15-7-6-12-4-2-3-5-14(12)15/h2-5,10,13,15,20H,6-9,11H2,1H3,(H2,19,21,22)/t13-,15?/m1/s1. The van der Waals surface area contributed by atoms with Crippen molar-refractivity contribution in [3.63, 3.8) is 0 Å². The van der Waals surface area contributed by atoms with E-state index < -0.39 is 0 Å². The molecule has 5 heteroatoms. The van der Waals surface area contributed by atoms with Crippen LogP contribution in [-0.2, 0) is 6.42 Å². The molecule has 3 N–H and O–H groups in total. The van der Waals surface area contributed by atoms with Crippen LogP contribution >= 0.6 is 0 Å². The number of benzene rings is 1. The highest BCUT2D eigenvalue weighted by Crippen LogP contribution is 2.38. The first-order chi connectivity index (χ1) is 11.2. The second-order valence-corrected chi connectivity index (χ2v) is 6.52. The van der Waals surface area contributed by atoms with Crippen LogP contribution in [0.4, 0.5) is 11.8 Å². The van der Waals surface area contributed by atoms with Crippen molar-refractivity contribution >= 4 is 11.8 Å². The summed E-state index contributed by atoms with van der Waals surface area (Å²) >= 11 is 0. The molecule has 0 saturated carbocycles. The Balaban J connectivity index is 1.66. The molecule has 0 bridgehead atoms. The molecular weight excluding hydrogens is 286 g/mol. The van der Waals surface area contributed by atoms with E-state index in [4.69, 9.17) is 5.73 Å².